The van der Waals surface area contributed by atoms with E-state index in [-0.39, 0.29) is 5.12 Å². The lowest BCUT2D eigenvalue weighted by molar-refractivity contribution is -0.109. The molecule has 0 radical (unpaired) electrons. The van der Waals surface area contributed by atoms with Gasteiger partial charge >= 0.3 is 0 Å². The second kappa shape index (κ2) is 6.40. The van der Waals surface area contributed by atoms with Gasteiger partial charge in [0.15, 0.2) is 5.12 Å². The van der Waals surface area contributed by atoms with Crippen LogP contribution in [0.5, 0.6) is 0 Å². The first kappa shape index (κ1) is 12.0. The summed E-state index contributed by atoms with van der Waals surface area (Å²) in [4.78, 5) is 21.1. The highest BCUT2D eigenvalue weighted by molar-refractivity contribution is 8.13. The number of aryl methyl sites for hydroxylation is 1. The Labute approximate surface area is 94.1 Å². The van der Waals surface area contributed by atoms with E-state index in [4.69, 9.17) is 0 Å². The van der Waals surface area contributed by atoms with E-state index in [9.17, 15) is 9.59 Å². The van der Waals surface area contributed by atoms with E-state index >= 15 is 0 Å². The predicted octanol–water partition coefficient (Wildman–Crippen LogP) is 2.71. The molecule has 80 valence electrons. The van der Waals surface area contributed by atoms with E-state index in [0.29, 0.717) is 5.56 Å². The van der Waals surface area contributed by atoms with E-state index in [2.05, 4.69) is 0 Å². The molecule has 1 aromatic rings. The molecule has 0 spiro atoms. The van der Waals surface area contributed by atoms with Crippen molar-refractivity contribution in [2.75, 3.05) is 5.75 Å². The first-order chi connectivity index (χ1) is 7.22. The van der Waals surface area contributed by atoms with Crippen LogP contribution in [0.2, 0.25) is 0 Å². The van der Waals surface area contributed by atoms with Crippen molar-refractivity contribution in [1.82, 2.24) is 0 Å². The normalized spacial score (nSPS) is 9.93. The van der Waals surface area contributed by atoms with Gasteiger partial charge in [0.25, 0.3) is 0 Å². The Morgan fingerprint density at radius 1 is 1.33 bits per heavy atom. The highest BCUT2D eigenvalue weighted by Crippen LogP contribution is 2.09. The third-order valence-electron chi connectivity index (χ3n) is 2.03. The van der Waals surface area contributed by atoms with Crippen LogP contribution < -0.4 is 0 Å². The Kier molecular flexibility index (Phi) is 5.12. The molecule has 15 heavy (non-hydrogen) atoms. The van der Waals surface area contributed by atoms with E-state index in [1.165, 1.54) is 17.3 Å². The zero-order valence-electron chi connectivity index (χ0n) is 8.73. The van der Waals surface area contributed by atoms with Crippen molar-refractivity contribution in [1.29, 1.82) is 0 Å². The van der Waals surface area contributed by atoms with Crippen LogP contribution >= 0.6 is 11.8 Å². The number of aldehydes is 1. The summed E-state index contributed by atoms with van der Waals surface area (Å²) in [6, 6.07) is 7.56. The smallest absolute Gasteiger partial charge is 0.185 e. The summed E-state index contributed by atoms with van der Waals surface area (Å²) >= 11 is 1.36. The van der Waals surface area contributed by atoms with Crippen molar-refractivity contribution in [2.45, 2.75) is 19.8 Å². The SMILES string of the molecule is CC(=O)SCCCc1ccc(C=O)cc1. The average Bonchev–Trinajstić information content (AvgIpc) is 2.25. The van der Waals surface area contributed by atoms with Crippen molar-refractivity contribution >= 4 is 23.2 Å². The highest BCUT2D eigenvalue weighted by Gasteiger charge is 1.96. The minimum atomic E-state index is 0.173. The molecule has 0 saturated heterocycles. The summed E-state index contributed by atoms with van der Waals surface area (Å²) in [7, 11) is 0. The van der Waals surface area contributed by atoms with Crippen LogP contribution in [0.25, 0.3) is 0 Å². The lowest BCUT2D eigenvalue weighted by Crippen LogP contribution is -1.91. The van der Waals surface area contributed by atoms with Gasteiger partial charge in [0.1, 0.15) is 6.29 Å². The molecule has 3 heteroatoms. The molecule has 0 N–H and O–H groups in total. The van der Waals surface area contributed by atoms with Gasteiger partial charge in [-0.25, -0.2) is 0 Å². The van der Waals surface area contributed by atoms with Gasteiger partial charge in [-0.3, -0.25) is 9.59 Å². The number of hydrogen-bond donors (Lipinski definition) is 0. The molecule has 0 aliphatic heterocycles. The van der Waals surface area contributed by atoms with Gasteiger partial charge in [0.2, 0.25) is 0 Å². The first-order valence-electron chi connectivity index (χ1n) is 4.90. The topological polar surface area (TPSA) is 34.1 Å². The van der Waals surface area contributed by atoms with Crippen LogP contribution in [0, 0.1) is 0 Å². The monoisotopic (exact) mass is 222 g/mol. The Hall–Kier alpha value is -1.09. The molecule has 0 amide bonds. The predicted molar refractivity (Wildman–Crippen MR) is 63.3 cm³/mol. The van der Waals surface area contributed by atoms with Gasteiger partial charge in [-0.05, 0) is 18.4 Å². The van der Waals surface area contributed by atoms with Crippen LogP contribution in [0.3, 0.4) is 0 Å². The highest BCUT2D eigenvalue weighted by atomic mass is 32.2. The van der Waals surface area contributed by atoms with Crippen LogP contribution in [0.4, 0.5) is 0 Å². The molecule has 0 bridgehead atoms. The van der Waals surface area contributed by atoms with Crippen LogP contribution in [-0.2, 0) is 11.2 Å². The summed E-state index contributed by atoms with van der Waals surface area (Å²) < 4.78 is 0. The quantitative estimate of drug-likeness (QED) is 0.567. The van der Waals surface area contributed by atoms with Crippen molar-refractivity contribution < 1.29 is 9.59 Å². The molecular weight excluding hydrogens is 208 g/mol. The summed E-state index contributed by atoms with van der Waals surface area (Å²) in [6.45, 7) is 1.59. The summed E-state index contributed by atoms with van der Waals surface area (Å²) in [6.07, 6.45) is 2.79. The molecule has 0 saturated carbocycles. The van der Waals surface area contributed by atoms with E-state index in [1.807, 2.05) is 24.3 Å². The maximum Gasteiger partial charge on any atom is 0.185 e. The van der Waals surface area contributed by atoms with Crippen LogP contribution in [0.15, 0.2) is 24.3 Å². The second-order valence-corrected chi connectivity index (χ2v) is 4.57. The minimum absolute atomic E-state index is 0.173. The van der Waals surface area contributed by atoms with Crippen LogP contribution in [0.1, 0.15) is 29.3 Å². The minimum Gasteiger partial charge on any atom is -0.298 e. The van der Waals surface area contributed by atoms with Crippen molar-refractivity contribution in [3.05, 3.63) is 35.4 Å². The zero-order chi connectivity index (χ0) is 11.1. The number of benzene rings is 1. The maximum absolute atomic E-state index is 10.7. The largest absolute Gasteiger partial charge is 0.298 e. The van der Waals surface area contributed by atoms with Gasteiger partial charge < -0.3 is 0 Å². The Balaban J connectivity index is 2.31. The molecule has 0 unspecified atom stereocenters. The Morgan fingerprint density at radius 3 is 2.53 bits per heavy atom. The van der Waals surface area contributed by atoms with E-state index < -0.39 is 0 Å². The fourth-order valence-electron chi connectivity index (χ4n) is 1.26. The van der Waals surface area contributed by atoms with Crippen LogP contribution in [-0.4, -0.2) is 17.2 Å². The Bertz CT molecular complexity index is 330. The Morgan fingerprint density at radius 2 is 2.00 bits per heavy atom. The lowest BCUT2D eigenvalue weighted by atomic mass is 10.1. The van der Waals surface area contributed by atoms with Crippen molar-refractivity contribution in [2.24, 2.45) is 0 Å². The number of carbonyl (C=O) groups excluding carboxylic acids is 2. The van der Waals surface area contributed by atoms with Gasteiger partial charge in [0, 0.05) is 18.2 Å². The molecule has 0 aliphatic rings. The number of hydrogen-bond acceptors (Lipinski definition) is 3. The third kappa shape index (κ3) is 4.79. The molecular formula is C12H14O2S. The molecule has 0 atom stereocenters. The average molecular weight is 222 g/mol. The fourth-order valence-corrected chi connectivity index (χ4v) is 1.83. The van der Waals surface area contributed by atoms with E-state index in [0.717, 1.165) is 24.9 Å². The molecule has 0 fully saturated rings. The van der Waals surface area contributed by atoms with Gasteiger partial charge in [-0.1, -0.05) is 36.0 Å². The molecule has 1 aromatic carbocycles. The molecule has 0 aromatic heterocycles. The number of carbonyl (C=O) groups is 2. The van der Waals surface area contributed by atoms with Gasteiger partial charge in [-0.2, -0.15) is 0 Å². The fraction of sp³-hybridized carbons (Fsp3) is 0.333. The molecule has 1 rings (SSSR count). The van der Waals surface area contributed by atoms with Gasteiger partial charge in [0.05, 0.1) is 0 Å². The number of rotatable bonds is 5. The van der Waals surface area contributed by atoms with E-state index in [1.54, 1.807) is 6.92 Å². The lowest BCUT2D eigenvalue weighted by Gasteiger charge is -2.00. The maximum atomic E-state index is 10.7. The molecule has 0 heterocycles. The van der Waals surface area contributed by atoms with Gasteiger partial charge in [-0.15, -0.1) is 0 Å². The second-order valence-electron chi connectivity index (χ2n) is 3.30. The summed E-state index contributed by atoms with van der Waals surface area (Å²) in [5.41, 5.74) is 1.92. The molecule has 2 nitrogen and oxygen atoms in total. The summed E-state index contributed by atoms with van der Waals surface area (Å²) in [5.74, 6) is 0.866. The number of thioether (sulfide) groups is 1. The third-order valence-corrected chi connectivity index (χ3v) is 2.93. The zero-order valence-corrected chi connectivity index (χ0v) is 9.55. The molecule has 0 aliphatic carbocycles. The van der Waals surface area contributed by atoms with Crippen molar-refractivity contribution in [3.63, 3.8) is 0 Å². The standard InChI is InChI=1S/C12H14O2S/c1-10(14)15-8-2-3-11-4-6-12(9-13)7-5-11/h4-7,9H,2-3,8H2,1H3. The first-order valence-corrected chi connectivity index (χ1v) is 5.88. The summed E-state index contributed by atoms with van der Waals surface area (Å²) in [5, 5.41) is 0.173. The van der Waals surface area contributed by atoms with Crippen molar-refractivity contribution in [3.8, 4) is 0 Å².